The van der Waals surface area contributed by atoms with Crippen molar-refractivity contribution in [3.05, 3.63) is 58.5 Å². The molecule has 1 atom stereocenters. The van der Waals surface area contributed by atoms with Crippen LogP contribution >= 0.6 is 0 Å². The second-order valence-electron chi connectivity index (χ2n) is 6.59. The molecule has 0 saturated heterocycles. The van der Waals surface area contributed by atoms with Gasteiger partial charge in [-0.2, -0.15) is 0 Å². The molecule has 1 unspecified atom stereocenters. The topological polar surface area (TPSA) is 179 Å². The Labute approximate surface area is 181 Å². The highest BCUT2D eigenvalue weighted by Gasteiger charge is 2.21. The van der Waals surface area contributed by atoms with E-state index in [0.29, 0.717) is 11.0 Å². The van der Waals surface area contributed by atoms with E-state index < -0.39 is 39.7 Å². The number of aromatic nitrogens is 2. The molecule has 168 valence electrons. The fourth-order valence-corrected chi connectivity index (χ4v) is 3.71. The number of hydrogen-bond donors (Lipinski definition) is 5. The van der Waals surface area contributed by atoms with Crippen LogP contribution in [0.25, 0.3) is 11.0 Å². The lowest BCUT2D eigenvalue weighted by Crippen LogP contribution is -2.43. The quantitative estimate of drug-likeness (QED) is 0.334. The number of ether oxygens (including phenoxy) is 1. The van der Waals surface area contributed by atoms with Gasteiger partial charge in [0.15, 0.2) is 6.10 Å². The van der Waals surface area contributed by atoms with E-state index in [2.05, 4.69) is 20.0 Å². The van der Waals surface area contributed by atoms with Gasteiger partial charge in [0.25, 0.3) is 15.9 Å². The van der Waals surface area contributed by atoms with E-state index in [1.807, 2.05) is 5.32 Å². The summed E-state index contributed by atoms with van der Waals surface area (Å²) >= 11 is 0. The smallest absolute Gasteiger partial charge is 0.338 e. The molecule has 0 radical (unpaired) electrons. The molecule has 0 aliphatic heterocycles. The zero-order chi connectivity index (χ0) is 23.5. The van der Waals surface area contributed by atoms with E-state index >= 15 is 0 Å². The van der Waals surface area contributed by atoms with Gasteiger partial charge in [0, 0.05) is 12.7 Å². The molecule has 1 aromatic heterocycles. The fourth-order valence-electron chi connectivity index (χ4n) is 2.63. The normalized spacial score (nSPS) is 12.1. The third kappa shape index (κ3) is 5.13. The van der Waals surface area contributed by atoms with Crippen molar-refractivity contribution in [2.45, 2.75) is 17.9 Å². The summed E-state index contributed by atoms with van der Waals surface area (Å²) in [5.74, 6) is -1.64. The van der Waals surface area contributed by atoms with Crippen molar-refractivity contribution in [2.24, 2.45) is 0 Å². The Morgan fingerprint density at radius 3 is 2.31 bits per heavy atom. The second kappa shape index (κ2) is 8.93. The minimum absolute atomic E-state index is 0.0684. The highest BCUT2D eigenvalue weighted by Crippen LogP contribution is 2.20. The lowest BCUT2D eigenvalue weighted by molar-refractivity contribution is -0.127. The van der Waals surface area contributed by atoms with Crippen LogP contribution in [0, 0.1) is 0 Å². The highest BCUT2D eigenvalue weighted by molar-refractivity contribution is 7.92. The van der Waals surface area contributed by atoms with Crippen LogP contribution in [0.5, 0.6) is 0 Å². The van der Waals surface area contributed by atoms with Gasteiger partial charge in [-0.25, -0.2) is 22.8 Å². The number of rotatable bonds is 6. The Morgan fingerprint density at radius 2 is 1.66 bits per heavy atom. The van der Waals surface area contributed by atoms with Gasteiger partial charge in [-0.05, 0) is 49.4 Å². The highest BCUT2D eigenvalue weighted by atomic mass is 32.2. The standard InChI is InChI=1S/C19H19N5O7S/c1-10(16(25)23-18(27)20-2)31-17(26)11-3-5-12(6-4-11)24-32(29,30)13-7-8-14-15(9-13)22-19(28)21-14/h3-10,24H,1-2H3,(H2,21,22,28)(H2,20,23,25,27). The molecule has 0 saturated carbocycles. The zero-order valence-electron chi connectivity index (χ0n) is 16.9. The number of benzene rings is 2. The number of hydrogen-bond acceptors (Lipinski definition) is 7. The van der Waals surface area contributed by atoms with Crippen LogP contribution in [-0.2, 0) is 19.6 Å². The van der Waals surface area contributed by atoms with E-state index in [9.17, 15) is 27.6 Å². The average Bonchev–Trinajstić information content (AvgIpc) is 3.12. The first-order chi connectivity index (χ1) is 15.1. The molecule has 3 aromatic rings. The Bertz CT molecular complexity index is 1340. The number of nitrogens with one attached hydrogen (secondary N) is 5. The molecule has 0 aliphatic carbocycles. The van der Waals surface area contributed by atoms with Crippen LogP contribution in [0.3, 0.4) is 0 Å². The minimum atomic E-state index is -3.97. The van der Waals surface area contributed by atoms with Crippen LogP contribution in [0.2, 0.25) is 0 Å². The molecule has 5 N–H and O–H groups in total. The molecule has 1 heterocycles. The summed E-state index contributed by atoms with van der Waals surface area (Å²) in [6.45, 7) is 1.30. The van der Waals surface area contributed by atoms with Gasteiger partial charge in [0.1, 0.15) is 0 Å². The number of amides is 3. The number of urea groups is 1. The fraction of sp³-hybridized carbons (Fsp3) is 0.158. The molecule has 13 heteroatoms. The minimum Gasteiger partial charge on any atom is -0.449 e. The maximum absolute atomic E-state index is 12.6. The van der Waals surface area contributed by atoms with Crippen LogP contribution in [0.15, 0.2) is 52.2 Å². The first-order valence-corrected chi connectivity index (χ1v) is 10.7. The molecule has 0 fully saturated rings. The van der Waals surface area contributed by atoms with Gasteiger partial charge >= 0.3 is 17.7 Å². The third-order valence-electron chi connectivity index (χ3n) is 4.29. The van der Waals surface area contributed by atoms with Gasteiger partial charge < -0.3 is 20.0 Å². The van der Waals surface area contributed by atoms with Crippen LogP contribution in [0.4, 0.5) is 10.5 Å². The van der Waals surface area contributed by atoms with E-state index in [1.54, 1.807) is 0 Å². The van der Waals surface area contributed by atoms with Crippen molar-refractivity contribution in [1.82, 2.24) is 20.6 Å². The van der Waals surface area contributed by atoms with Crippen molar-refractivity contribution < 1.29 is 27.5 Å². The molecular formula is C19H19N5O7S. The lowest BCUT2D eigenvalue weighted by Gasteiger charge is -2.13. The van der Waals surface area contributed by atoms with E-state index in [1.165, 1.54) is 56.4 Å². The van der Waals surface area contributed by atoms with E-state index in [0.717, 1.165) is 0 Å². The molecule has 32 heavy (non-hydrogen) atoms. The molecule has 12 nitrogen and oxygen atoms in total. The first kappa shape index (κ1) is 22.6. The summed E-state index contributed by atoms with van der Waals surface area (Å²) in [4.78, 5) is 51.4. The molecule has 3 rings (SSSR count). The average molecular weight is 461 g/mol. The Morgan fingerprint density at radius 1 is 1.00 bits per heavy atom. The first-order valence-electron chi connectivity index (χ1n) is 9.17. The predicted octanol–water partition coefficient (Wildman–Crippen LogP) is 0.658. The molecular weight excluding hydrogens is 442 g/mol. The van der Waals surface area contributed by atoms with E-state index in [-0.39, 0.29) is 16.1 Å². The van der Waals surface area contributed by atoms with Crippen molar-refractivity contribution in [3.63, 3.8) is 0 Å². The monoisotopic (exact) mass is 461 g/mol. The number of fused-ring (bicyclic) bond motifs is 1. The van der Waals surface area contributed by atoms with Crippen molar-refractivity contribution in [1.29, 1.82) is 0 Å². The van der Waals surface area contributed by atoms with Crippen molar-refractivity contribution in [2.75, 3.05) is 11.8 Å². The molecule has 0 bridgehead atoms. The molecule has 3 amide bonds. The second-order valence-corrected chi connectivity index (χ2v) is 8.27. The number of esters is 1. The number of sulfonamides is 1. The van der Waals surface area contributed by atoms with Crippen LogP contribution < -0.4 is 21.0 Å². The summed E-state index contributed by atoms with van der Waals surface area (Å²) < 4.78 is 32.6. The maximum atomic E-state index is 12.6. The Kier molecular flexibility index (Phi) is 6.30. The number of imide groups is 1. The molecule has 0 aliphatic rings. The van der Waals surface area contributed by atoms with Gasteiger partial charge in [-0.15, -0.1) is 0 Å². The van der Waals surface area contributed by atoms with Crippen LogP contribution in [-0.4, -0.2) is 49.4 Å². The number of carbonyl (C=O) groups excluding carboxylic acids is 3. The number of anilines is 1. The number of aromatic amines is 2. The summed E-state index contributed by atoms with van der Waals surface area (Å²) in [6.07, 6.45) is -1.23. The Hall–Kier alpha value is -4.13. The number of H-pyrrole nitrogens is 2. The third-order valence-corrected chi connectivity index (χ3v) is 5.67. The maximum Gasteiger partial charge on any atom is 0.338 e. The van der Waals surface area contributed by atoms with Crippen molar-refractivity contribution in [3.8, 4) is 0 Å². The van der Waals surface area contributed by atoms with E-state index in [4.69, 9.17) is 4.74 Å². The summed E-state index contributed by atoms with van der Waals surface area (Å²) in [6, 6.07) is 8.70. The largest absolute Gasteiger partial charge is 0.449 e. The van der Waals surface area contributed by atoms with Crippen molar-refractivity contribution >= 4 is 44.7 Å². The zero-order valence-corrected chi connectivity index (χ0v) is 17.7. The van der Waals surface area contributed by atoms with Gasteiger partial charge in [0.2, 0.25) is 0 Å². The number of imidazole rings is 1. The summed E-state index contributed by atoms with van der Waals surface area (Å²) in [5, 5.41) is 4.18. The Balaban J connectivity index is 1.67. The van der Waals surface area contributed by atoms with Gasteiger partial charge in [-0.1, -0.05) is 0 Å². The molecule has 0 spiro atoms. The molecule has 2 aromatic carbocycles. The van der Waals surface area contributed by atoms with Gasteiger partial charge in [-0.3, -0.25) is 14.8 Å². The number of carbonyl (C=O) groups is 3. The van der Waals surface area contributed by atoms with Gasteiger partial charge in [0.05, 0.1) is 21.5 Å². The van der Waals surface area contributed by atoms with Crippen LogP contribution in [0.1, 0.15) is 17.3 Å². The lowest BCUT2D eigenvalue weighted by atomic mass is 10.2. The summed E-state index contributed by atoms with van der Waals surface area (Å²) in [5.41, 5.74) is 0.597. The summed E-state index contributed by atoms with van der Waals surface area (Å²) in [7, 11) is -2.64. The predicted molar refractivity (Wildman–Crippen MR) is 114 cm³/mol. The SMILES string of the molecule is CNC(=O)NC(=O)C(C)OC(=O)c1ccc(NS(=O)(=O)c2ccc3[nH]c(=O)[nH]c3c2)cc1.